The Morgan fingerprint density at radius 1 is 1.03 bits per heavy atom. The zero-order chi connectivity index (χ0) is 23.0. The molecule has 1 saturated heterocycles. The molecule has 0 bridgehead atoms. The number of rotatable bonds is 5. The lowest BCUT2D eigenvalue weighted by atomic mass is 9.60. The molecule has 0 spiro atoms. The van der Waals surface area contributed by atoms with E-state index in [4.69, 9.17) is 4.74 Å². The lowest BCUT2D eigenvalue weighted by Gasteiger charge is -2.52. The normalized spacial score (nSPS) is 27.1. The Labute approximate surface area is 194 Å². The summed E-state index contributed by atoms with van der Waals surface area (Å²) in [7, 11) is -1.72. The minimum absolute atomic E-state index is 0.000363. The number of piperidine rings is 1. The summed E-state index contributed by atoms with van der Waals surface area (Å²) < 4.78 is 34.7. The van der Waals surface area contributed by atoms with Crippen LogP contribution >= 0.6 is 0 Å². The zero-order valence-corrected chi connectivity index (χ0v) is 20.7. The van der Waals surface area contributed by atoms with Crippen LogP contribution in [0.3, 0.4) is 0 Å². The number of methoxy groups -OCH3 is 1. The second-order valence-corrected chi connectivity index (χ2v) is 12.7. The van der Waals surface area contributed by atoms with Crippen molar-refractivity contribution in [2.45, 2.75) is 69.3 Å². The molecule has 2 aromatic rings. The van der Waals surface area contributed by atoms with Crippen LogP contribution in [-0.2, 0) is 26.6 Å². The zero-order valence-electron chi connectivity index (χ0n) is 19.9. The van der Waals surface area contributed by atoms with Crippen molar-refractivity contribution < 1.29 is 13.2 Å². The fourth-order valence-corrected chi connectivity index (χ4v) is 7.24. The van der Waals surface area contributed by atoms with Crippen molar-refractivity contribution >= 4 is 10.0 Å². The summed E-state index contributed by atoms with van der Waals surface area (Å²) in [5.41, 5.74) is 2.41. The molecule has 0 unspecified atom stereocenters. The number of hydrogen-bond acceptors (Lipinski definition) is 3. The molecule has 1 saturated carbocycles. The molecule has 2 aliphatic rings. The number of ether oxygens (including phenoxy) is 1. The monoisotopic (exact) mass is 455 g/mol. The van der Waals surface area contributed by atoms with E-state index in [0.717, 1.165) is 37.7 Å². The van der Waals surface area contributed by atoms with Crippen molar-refractivity contribution in [3.63, 3.8) is 0 Å². The van der Waals surface area contributed by atoms with Gasteiger partial charge in [0.15, 0.2) is 0 Å². The van der Waals surface area contributed by atoms with Crippen molar-refractivity contribution in [2.24, 2.45) is 11.3 Å². The average Bonchev–Trinajstić information content (AvgIpc) is 2.78. The van der Waals surface area contributed by atoms with Crippen LogP contribution in [0.1, 0.15) is 57.6 Å². The third-order valence-electron chi connectivity index (χ3n) is 7.69. The second kappa shape index (κ2) is 8.92. The van der Waals surface area contributed by atoms with Gasteiger partial charge in [-0.1, -0.05) is 63.2 Å². The standard InChI is InChI=1S/C27H37NO3S/c1-26(2,3)22-10-12-25(13-11-22)32(29,30)28-17-15-23-18-24(31-4)14-16-27(23,20-28)19-21-8-6-5-7-9-21/h5-13,23-24H,14-20H2,1-4H3/t23-,24-,27-/m0/s1. The van der Waals surface area contributed by atoms with Crippen molar-refractivity contribution in [3.05, 3.63) is 65.7 Å². The van der Waals surface area contributed by atoms with E-state index in [-0.39, 0.29) is 16.9 Å². The van der Waals surface area contributed by atoms with Crippen molar-refractivity contribution in [2.75, 3.05) is 20.2 Å². The molecule has 1 aliphatic heterocycles. The lowest BCUT2D eigenvalue weighted by Crippen LogP contribution is -2.54. The van der Waals surface area contributed by atoms with Crippen LogP contribution < -0.4 is 0 Å². The predicted octanol–water partition coefficient (Wildman–Crippen LogP) is 5.42. The Morgan fingerprint density at radius 3 is 2.34 bits per heavy atom. The van der Waals surface area contributed by atoms with E-state index < -0.39 is 10.0 Å². The topological polar surface area (TPSA) is 46.6 Å². The first-order valence-corrected chi connectivity index (χ1v) is 13.3. The van der Waals surface area contributed by atoms with Gasteiger partial charge in [-0.2, -0.15) is 4.31 Å². The Morgan fingerprint density at radius 2 is 1.72 bits per heavy atom. The summed E-state index contributed by atoms with van der Waals surface area (Å²) in [6, 6.07) is 18.0. The molecule has 1 heterocycles. The molecule has 2 aromatic carbocycles. The summed E-state index contributed by atoms with van der Waals surface area (Å²) >= 11 is 0. The molecule has 0 amide bonds. The van der Waals surface area contributed by atoms with E-state index >= 15 is 0 Å². The highest BCUT2D eigenvalue weighted by Crippen LogP contribution is 2.50. The second-order valence-electron chi connectivity index (χ2n) is 10.8. The van der Waals surface area contributed by atoms with Gasteiger partial charge < -0.3 is 4.74 Å². The van der Waals surface area contributed by atoms with Crippen LogP contribution in [0.15, 0.2) is 59.5 Å². The highest BCUT2D eigenvalue weighted by atomic mass is 32.2. The maximum absolute atomic E-state index is 13.6. The molecule has 5 heteroatoms. The highest BCUT2D eigenvalue weighted by Gasteiger charge is 2.49. The largest absolute Gasteiger partial charge is 0.381 e. The maximum Gasteiger partial charge on any atom is 0.243 e. The molecule has 4 nitrogen and oxygen atoms in total. The molecular weight excluding hydrogens is 418 g/mol. The molecule has 3 atom stereocenters. The van der Waals surface area contributed by atoms with E-state index in [1.54, 1.807) is 23.5 Å². The molecule has 0 N–H and O–H groups in total. The lowest BCUT2D eigenvalue weighted by molar-refractivity contribution is -0.0447. The van der Waals surface area contributed by atoms with Gasteiger partial charge in [0.1, 0.15) is 0 Å². The highest BCUT2D eigenvalue weighted by molar-refractivity contribution is 7.89. The SMILES string of the molecule is CO[C@H]1CC[C@]2(Cc3ccccc3)CN(S(=O)(=O)c3ccc(C(C)(C)C)cc3)CC[C@H]2C1. The predicted molar refractivity (Wildman–Crippen MR) is 129 cm³/mol. The van der Waals surface area contributed by atoms with E-state index in [1.807, 2.05) is 18.2 Å². The third kappa shape index (κ3) is 4.66. The minimum Gasteiger partial charge on any atom is -0.381 e. The summed E-state index contributed by atoms with van der Waals surface area (Å²) in [5.74, 6) is 0.483. The Bertz CT molecular complexity index is 1010. The van der Waals surface area contributed by atoms with Crippen LogP contribution in [0, 0.1) is 11.3 Å². The third-order valence-corrected chi connectivity index (χ3v) is 9.55. The van der Waals surface area contributed by atoms with Crippen LogP contribution in [0.25, 0.3) is 0 Å². The first kappa shape index (κ1) is 23.5. The summed E-state index contributed by atoms with van der Waals surface area (Å²) in [5, 5.41) is 0. The Hall–Kier alpha value is -1.69. The van der Waals surface area contributed by atoms with Gasteiger partial charge >= 0.3 is 0 Å². The van der Waals surface area contributed by atoms with Gasteiger partial charge in [-0.3, -0.25) is 0 Å². The smallest absolute Gasteiger partial charge is 0.243 e. The van der Waals surface area contributed by atoms with Gasteiger partial charge in [-0.05, 0) is 72.1 Å². The van der Waals surface area contributed by atoms with E-state index in [0.29, 0.717) is 23.9 Å². The summed E-state index contributed by atoms with van der Waals surface area (Å²) in [6.45, 7) is 7.61. The van der Waals surface area contributed by atoms with Gasteiger partial charge in [0.25, 0.3) is 0 Å². The van der Waals surface area contributed by atoms with Gasteiger partial charge in [-0.25, -0.2) is 8.42 Å². The first-order valence-electron chi connectivity index (χ1n) is 11.8. The molecule has 32 heavy (non-hydrogen) atoms. The van der Waals surface area contributed by atoms with Gasteiger partial charge in [-0.15, -0.1) is 0 Å². The van der Waals surface area contributed by atoms with Crippen LogP contribution in [-0.4, -0.2) is 39.0 Å². The number of nitrogens with zero attached hydrogens (tertiary/aromatic N) is 1. The maximum atomic E-state index is 13.6. The fourth-order valence-electron chi connectivity index (χ4n) is 5.69. The molecule has 0 radical (unpaired) electrons. The Balaban J connectivity index is 1.62. The number of hydrogen-bond donors (Lipinski definition) is 0. The molecule has 1 aliphatic carbocycles. The molecule has 4 rings (SSSR count). The van der Waals surface area contributed by atoms with E-state index in [2.05, 4.69) is 45.0 Å². The van der Waals surface area contributed by atoms with E-state index in [9.17, 15) is 8.42 Å². The summed E-state index contributed by atoms with van der Waals surface area (Å²) in [4.78, 5) is 0.407. The molecule has 2 fully saturated rings. The molecule has 174 valence electrons. The van der Waals surface area contributed by atoms with Gasteiger partial charge in [0, 0.05) is 20.2 Å². The number of fused-ring (bicyclic) bond motifs is 1. The molecular formula is C27H37NO3S. The quantitative estimate of drug-likeness (QED) is 0.605. The Kier molecular flexibility index (Phi) is 6.54. The minimum atomic E-state index is -3.52. The molecule has 0 aromatic heterocycles. The van der Waals surface area contributed by atoms with Crippen LogP contribution in [0.2, 0.25) is 0 Å². The van der Waals surface area contributed by atoms with Gasteiger partial charge in [0.05, 0.1) is 11.0 Å². The van der Waals surface area contributed by atoms with Crippen LogP contribution in [0.5, 0.6) is 0 Å². The average molecular weight is 456 g/mol. The van der Waals surface area contributed by atoms with Gasteiger partial charge in [0.2, 0.25) is 10.0 Å². The summed E-state index contributed by atoms with van der Waals surface area (Å²) in [6.07, 6.45) is 5.12. The van der Waals surface area contributed by atoms with Crippen molar-refractivity contribution in [1.82, 2.24) is 4.31 Å². The van der Waals surface area contributed by atoms with Crippen molar-refractivity contribution in [3.8, 4) is 0 Å². The van der Waals surface area contributed by atoms with Crippen LogP contribution in [0.4, 0.5) is 0 Å². The van der Waals surface area contributed by atoms with Crippen molar-refractivity contribution in [1.29, 1.82) is 0 Å². The fraction of sp³-hybridized carbons (Fsp3) is 0.556. The number of benzene rings is 2. The first-order chi connectivity index (χ1) is 15.1. The van der Waals surface area contributed by atoms with E-state index in [1.165, 1.54) is 5.56 Å². The number of sulfonamides is 1.